The highest BCUT2D eigenvalue weighted by Gasteiger charge is 2.34. The second kappa shape index (κ2) is 5.07. The van der Waals surface area contributed by atoms with E-state index in [0.717, 1.165) is 12.8 Å². The summed E-state index contributed by atoms with van der Waals surface area (Å²) >= 11 is 0. The van der Waals surface area contributed by atoms with Crippen molar-refractivity contribution in [2.24, 2.45) is 0 Å². The van der Waals surface area contributed by atoms with Crippen LogP contribution in [-0.2, 0) is 0 Å². The van der Waals surface area contributed by atoms with Crippen LogP contribution >= 0.6 is 0 Å². The first kappa shape index (κ1) is 11.9. The minimum atomic E-state index is -0.415. The summed E-state index contributed by atoms with van der Waals surface area (Å²) in [5.74, 6) is 0. The number of hydrogen-bond acceptors (Lipinski definition) is 4. The minimum Gasteiger partial charge on any atom is -0.392 e. The van der Waals surface area contributed by atoms with Crippen LogP contribution in [0.25, 0.3) is 0 Å². The molecule has 84 valence electrons. The van der Waals surface area contributed by atoms with Crippen molar-refractivity contribution in [1.82, 2.24) is 4.90 Å². The Hall–Kier alpha value is -0.160. The van der Waals surface area contributed by atoms with E-state index in [9.17, 15) is 15.3 Å². The molecule has 0 aromatic heterocycles. The standard InChI is InChI=1S/C10H21NO3/c1-7(12)5-11(6-8(2)13)9-3-4-10(9)14/h7-10,12-14H,3-6H2,1-2H3/t7?,8?,9-,10-/m1/s1. The largest absolute Gasteiger partial charge is 0.392 e. The normalized spacial score (nSPS) is 31.3. The summed E-state index contributed by atoms with van der Waals surface area (Å²) in [6.45, 7) is 4.49. The molecule has 3 N–H and O–H groups in total. The first-order chi connectivity index (χ1) is 6.50. The molecule has 0 spiro atoms. The Bertz CT molecular complexity index is 163. The van der Waals surface area contributed by atoms with Crippen molar-refractivity contribution in [3.8, 4) is 0 Å². The minimum absolute atomic E-state index is 0.124. The van der Waals surface area contributed by atoms with E-state index < -0.39 is 12.2 Å². The van der Waals surface area contributed by atoms with Crippen LogP contribution < -0.4 is 0 Å². The van der Waals surface area contributed by atoms with Gasteiger partial charge in [-0.05, 0) is 26.7 Å². The van der Waals surface area contributed by atoms with E-state index >= 15 is 0 Å². The average Bonchev–Trinajstić information content (AvgIpc) is 1.99. The fourth-order valence-electron chi connectivity index (χ4n) is 1.91. The quantitative estimate of drug-likeness (QED) is 0.567. The summed E-state index contributed by atoms with van der Waals surface area (Å²) in [6, 6.07) is 0.124. The van der Waals surface area contributed by atoms with Gasteiger partial charge in [-0.2, -0.15) is 0 Å². The molecule has 1 aliphatic carbocycles. The molecule has 0 saturated heterocycles. The number of nitrogens with zero attached hydrogens (tertiary/aromatic N) is 1. The molecule has 0 bridgehead atoms. The predicted octanol–water partition coefficient (Wildman–Crippen LogP) is -0.427. The molecular formula is C10H21NO3. The average molecular weight is 203 g/mol. The molecule has 2 unspecified atom stereocenters. The molecule has 0 aromatic rings. The second-order valence-electron chi connectivity index (χ2n) is 4.36. The van der Waals surface area contributed by atoms with Gasteiger partial charge in [0, 0.05) is 19.1 Å². The highest BCUT2D eigenvalue weighted by atomic mass is 16.3. The van der Waals surface area contributed by atoms with Crippen molar-refractivity contribution >= 4 is 0 Å². The maximum absolute atomic E-state index is 9.50. The first-order valence-corrected chi connectivity index (χ1v) is 5.29. The Morgan fingerprint density at radius 3 is 1.86 bits per heavy atom. The maximum Gasteiger partial charge on any atom is 0.0696 e. The second-order valence-corrected chi connectivity index (χ2v) is 4.36. The lowest BCUT2D eigenvalue weighted by molar-refractivity contribution is -0.0479. The van der Waals surface area contributed by atoms with Gasteiger partial charge < -0.3 is 15.3 Å². The van der Waals surface area contributed by atoms with Crippen LogP contribution in [0.15, 0.2) is 0 Å². The fourth-order valence-corrected chi connectivity index (χ4v) is 1.91. The highest BCUT2D eigenvalue weighted by Crippen LogP contribution is 2.25. The number of rotatable bonds is 5. The van der Waals surface area contributed by atoms with E-state index in [1.807, 2.05) is 4.90 Å². The van der Waals surface area contributed by atoms with E-state index in [4.69, 9.17) is 0 Å². The third-order valence-corrected chi connectivity index (χ3v) is 2.67. The van der Waals surface area contributed by atoms with E-state index in [2.05, 4.69) is 0 Å². The molecule has 0 radical (unpaired) electrons. The van der Waals surface area contributed by atoms with E-state index in [-0.39, 0.29) is 12.1 Å². The van der Waals surface area contributed by atoms with Crippen molar-refractivity contribution in [3.63, 3.8) is 0 Å². The van der Waals surface area contributed by atoms with Crippen molar-refractivity contribution in [3.05, 3.63) is 0 Å². The van der Waals surface area contributed by atoms with Gasteiger partial charge in [-0.15, -0.1) is 0 Å². The van der Waals surface area contributed by atoms with Crippen LogP contribution in [0.2, 0.25) is 0 Å². The van der Waals surface area contributed by atoms with Crippen LogP contribution in [0.1, 0.15) is 26.7 Å². The Labute approximate surface area is 85.2 Å². The molecule has 1 rings (SSSR count). The SMILES string of the molecule is CC(O)CN(CC(C)O)[C@@H]1CC[C@H]1O. The lowest BCUT2D eigenvalue weighted by Crippen LogP contribution is -2.54. The van der Waals surface area contributed by atoms with Crippen molar-refractivity contribution < 1.29 is 15.3 Å². The van der Waals surface area contributed by atoms with Crippen LogP contribution in [0, 0.1) is 0 Å². The fraction of sp³-hybridized carbons (Fsp3) is 1.00. The highest BCUT2D eigenvalue weighted by molar-refractivity contribution is 4.89. The van der Waals surface area contributed by atoms with E-state index in [1.54, 1.807) is 13.8 Å². The molecule has 1 saturated carbocycles. The molecule has 0 heterocycles. The van der Waals surface area contributed by atoms with Crippen LogP contribution in [0.5, 0.6) is 0 Å². The molecule has 1 fully saturated rings. The van der Waals surface area contributed by atoms with Gasteiger partial charge in [0.25, 0.3) is 0 Å². The van der Waals surface area contributed by atoms with Crippen LogP contribution in [-0.4, -0.2) is 57.7 Å². The molecule has 0 aliphatic heterocycles. The molecule has 4 heteroatoms. The molecule has 0 amide bonds. The van der Waals surface area contributed by atoms with Crippen molar-refractivity contribution in [2.75, 3.05) is 13.1 Å². The summed E-state index contributed by atoms with van der Waals surface area (Å²) in [4.78, 5) is 1.98. The summed E-state index contributed by atoms with van der Waals surface area (Å²) < 4.78 is 0. The summed E-state index contributed by atoms with van der Waals surface area (Å²) in [5, 5.41) is 28.1. The predicted molar refractivity (Wildman–Crippen MR) is 54.0 cm³/mol. The topological polar surface area (TPSA) is 63.9 Å². The zero-order valence-corrected chi connectivity index (χ0v) is 8.93. The van der Waals surface area contributed by atoms with Gasteiger partial charge in [0.2, 0.25) is 0 Å². The molecular weight excluding hydrogens is 182 g/mol. The van der Waals surface area contributed by atoms with Gasteiger partial charge in [-0.3, -0.25) is 4.90 Å². The molecule has 4 nitrogen and oxygen atoms in total. The summed E-state index contributed by atoms with van der Waals surface area (Å²) in [5.41, 5.74) is 0. The lowest BCUT2D eigenvalue weighted by Gasteiger charge is -2.42. The van der Waals surface area contributed by atoms with Gasteiger partial charge in [-0.1, -0.05) is 0 Å². The van der Waals surface area contributed by atoms with Gasteiger partial charge in [0.15, 0.2) is 0 Å². The van der Waals surface area contributed by atoms with Gasteiger partial charge >= 0.3 is 0 Å². The zero-order valence-electron chi connectivity index (χ0n) is 8.93. The van der Waals surface area contributed by atoms with Gasteiger partial charge in [0.1, 0.15) is 0 Å². The summed E-state index contributed by atoms with van der Waals surface area (Å²) in [6.07, 6.45) is 0.678. The number of hydrogen-bond donors (Lipinski definition) is 3. The Balaban J connectivity index is 2.43. The van der Waals surface area contributed by atoms with Crippen molar-refractivity contribution in [1.29, 1.82) is 0 Å². The zero-order chi connectivity index (χ0) is 10.7. The molecule has 1 aliphatic rings. The lowest BCUT2D eigenvalue weighted by atomic mass is 9.87. The molecule has 0 aromatic carbocycles. The van der Waals surface area contributed by atoms with Crippen LogP contribution in [0.3, 0.4) is 0 Å². The van der Waals surface area contributed by atoms with E-state index in [1.165, 1.54) is 0 Å². The molecule has 4 atom stereocenters. The third kappa shape index (κ3) is 3.20. The first-order valence-electron chi connectivity index (χ1n) is 5.29. The summed E-state index contributed by atoms with van der Waals surface area (Å²) in [7, 11) is 0. The Kier molecular flexibility index (Phi) is 4.31. The van der Waals surface area contributed by atoms with E-state index in [0.29, 0.717) is 13.1 Å². The van der Waals surface area contributed by atoms with Gasteiger partial charge in [-0.25, -0.2) is 0 Å². The van der Waals surface area contributed by atoms with Crippen molar-refractivity contribution in [2.45, 2.75) is 51.0 Å². The number of aliphatic hydroxyl groups is 3. The van der Waals surface area contributed by atoms with Gasteiger partial charge in [0.05, 0.1) is 18.3 Å². The smallest absolute Gasteiger partial charge is 0.0696 e. The maximum atomic E-state index is 9.50. The molecule has 14 heavy (non-hydrogen) atoms. The third-order valence-electron chi connectivity index (χ3n) is 2.67. The number of aliphatic hydroxyl groups excluding tert-OH is 3. The Morgan fingerprint density at radius 2 is 1.64 bits per heavy atom. The Morgan fingerprint density at radius 1 is 1.14 bits per heavy atom. The monoisotopic (exact) mass is 203 g/mol. The van der Waals surface area contributed by atoms with Crippen LogP contribution in [0.4, 0.5) is 0 Å².